The van der Waals surface area contributed by atoms with Crippen molar-refractivity contribution in [2.24, 2.45) is 0 Å². The van der Waals surface area contributed by atoms with Gasteiger partial charge in [-0.2, -0.15) is 0 Å². The average molecular weight is 256 g/mol. The maximum Gasteiger partial charge on any atom is 0.312 e. The number of aromatic nitrogens is 1. The molecule has 1 N–H and O–H groups in total. The molecule has 0 atom stereocenters. The molecule has 6 heteroatoms. The van der Waals surface area contributed by atoms with E-state index in [0.29, 0.717) is 5.82 Å². The Hall–Kier alpha value is -1.36. The van der Waals surface area contributed by atoms with Crippen LogP contribution >= 0.6 is 11.6 Å². The van der Waals surface area contributed by atoms with Crippen molar-refractivity contribution in [3.63, 3.8) is 0 Å². The van der Waals surface area contributed by atoms with Crippen molar-refractivity contribution in [2.45, 2.75) is 38.1 Å². The summed E-state index contributed by atoms with van der Waals surface area (Å²) in [6.45, 7) is 2.08. The second-order valence-corrected chi connectivity index (χ2v) is 4.83. The largest absolute Gasteiger partial charge is 0.359 e. The molecule has 1 aliphatic rings. The van der Waals surface area contributed by atoms with Crippen LogP contribution in [-0.2, 0) is 0 Å². The van der Waals surface area contributed by atoms with Gasteiger partial charge in [-0.05, 0) is 25.7 Å². The van der Waals surface area contributed by atoms with Gasteiger partial charge in [0.25, 0.3) is 0 Å². The molecule has 1 fully saturated rings. The standard InChI is InChI=1S/C11H14ClN3O2/c1-2-11(4-3-5-11)14-10-9(15(16)17)6-8(12)7-13-10/h6-7H,2-5H2,1H3,(H,13,14). The van der Waals surface area contributed by atoms with Crippen molar-refractivity contribution in [3.05, 3.63) is 27.4 Å². The molecular weight excluding hydrogens is 242 g/mol. The Bertz CT molecular complexity index is 441. The van der Waals surface area contributed by atoms with E-state index in [-0.39, 0.29) is 16.2 Å². The van der Waals surface area contributed by atoms with Crippen LogP contribution in [0.5, 0.6) is 0 Å². The van der Waals surface area contributed by atoms with E-state index < -0.39 is 4.92 Å². The number of nitro groups is 1. The first-order valence-corrected chi connectivity index (χ1v) is 6.02. The molecule has 1 aromatic heterocycles. The van der Waals surface area contributed by atoms with Crippen LogP contribution in [0.25, 0.3) is 0 Å². The Kier molecular flexibility index (Phi) is 3.19. The highest BCUT2D eigenvalue weighted by Crippen LogP contribution is 2.39. The first-order chi connectivity index (χ1) is 8.06. The second kappa shape index (κ2) is 4.49. The molecule has 0 amide bonds. The maximum atomic E-state index is 10.9. The SMILES string of the molecule is CCC1(Nc2ncc(Cl)cc2[N+](=O)[O-])CCC1. The van der Waals surface area contributed by atoms with Gasteiger partial charge >= 0.3 is 5.69 Å². The Morgan fingerprint density at radius 3 is 2.82 bits per heavy atom. The van der Waals surface area contributed by atoms with Gasteiger partial charge in [-0.15, -0.1) is 0 Å². The first-order valence-electron chi connectivity index (χ1n) is 5.64. The van der Waals surface area contributed by atoms with Gasteiger partial charge in [-0.1, -0.05) is 18.5 Å². The van der Waals surface area contributed by atoms with Gasteiger partial charge in [0.05, 0.1) is 9.95 Å². The fourth-order valence-electron chi connectivity index (χ4n) is 2.09. The minimum Gasteiger partial charge on any atom is -0.359 e. The zero-order valence-corrected chi connectivity index (χ0v) is 10.3. The summed E-state index contributed by atoms with van der Waals surface area (Å²) >= 11 is 5.72. The van der Waals surface area contributed by atoms with E-state index >= 15 is 0 Å². The van der Waals surface area contributed by atoms with Crippen molar-refractivity contribution in [2.75, 3.05) is 5.32 Å². The third-order valence-corrected chi connectivity index (χ3v) is 3.61. The predicted molar refractivity (Wildman–Crippen MR) is 66.4 cm³/mol. The van der Waals surface area contributed by atoms with Gasteiger partial charge in [-0.25, -0.2) is 4.98 Å². The van der Waals surface area contributed by atoms with Crippen LogP contribution in [0.15, 0.2) is 12.3 Å². The lowest BCUT2D eigenvalue weighted by Gasteiger charge is -2.42. The number of nitrogens with one attached hydrogen (secondary N) is 1. The fourth-order valence-corrected chi connectivity index (χ4v) is 2.24. The van der Waals surface area contributed by atoms with Crippen molar-refractivity contribution >= 4 is 23.1 Å². The molecule has 92 valence electrons. The lowest BCUT2D eigenvalue weighted by atomic mass is 9.75. The summed E-state index contributed by atoms with van der Waals surface area (Å²) in [6.07, 6.45) is 5.59. The third-order valence-electron chi connectivity index (χ3n) is 3.40. The summed E-state index contributed by atoms with van der Waals surface area (Å²) in [5.41, 5.74) is -0.0804. The van der Waals surface area contributed by atoms with E-state index in [0.717, 1.165) is 25.7 Å². The molecule has 1 aromatic rings. The lowest BCUT2D eigenvalue weighted by Crippen LogP contribution is -2.44. The van der Waals surface area contributed by atoms with Gasteiger partial charge < -0.3 is 5.32 Å². The number of nitrogens with zero attached hydrogens (tertiary/aromatic N) is 2. The molecule has 1 aliphatic carbocycles. The summed E-state index contributed by atoms with van der Waals surface area (Å²) in [5.74, 6) is 0.320. The summed E-state index contributed by atoms with van der Waals surface area (Å²) < 4.78 is 0. The molecule has 1 saturated carbocycles. The van der Waals surface area contributed by atoms with E-state index in [1.807, 2.05) is 0 Å². The molecule has 2 rings (SSSR count). The highest BCUT2D eigenvalue weighted by atomic mass is 35.5. The van der Waals surface area contributed by atoms with Gasteiger partial charge in [0.2, 0.25) is 5.82 Å². The Morgan fingerprint density at radius 2 is 2.35 bits per heavy atom. The van der Waals surface area contributed by atoms with Crippen LogP contribution in [0.4, 0.5) is 11.5 Å². The monoisotopic (exact) mass is 255 g/mol. The van der Waals surface area contributed by atoms with Crippen LogP contribution in [0.2, 0.25) is 5.02 Å². The van der Waals surface area contributed by atoms with Crippen molar-refractivity contribution < 1.29 is 4.92 Å². The van der Waals surface area contributed by atoms with Crippen LogP contribution < -0.4 is 5.32 Å². The van der Waals surface area contributed by atoms with Gasteiger partial charge in [0.15, 0.2) is 0 Å². The maximum absolute atomic E-state index is 10.9. The fraction of sp³-hybridized carbons (Fsp3) is 0.545. The molecular formula is C11H14ClN3O2. The van der Waals surface area contributed by atoms with Crippen LogP contribution in [0.1, 0.15) is 32.6 Å². The van der Waals surface area contributed by atoms with E-state index in [2.05, 4.69) is 17.2 Å². The predicted octanol–water partition coefficient (Wildman–Crippen LogP) is 3.39. The van der Waals surface area contributed by atoms with Crippen LogP contribution in [0, 0.1) is 10.1 Å². The minimum atomic E-state index is -0.455. The van der Waals surface area contributed by atoms with Gasteiger partial charge in [0.1, 0.15) is 0 Å². The molecule has 17 heavy (non-hydrogen) atoms. The van der Waals surface area contributed by atoms with Crippen LogP contribution in [-0.4, -0.2) is 15.4 Å². The zero-order chi connectivity index (χ0) is 12.5. The minimum absolute atomic E-state index is 0.0222. The van der Waals surface area contributed by atoms with E-state index in [1.165, 1.54) is 12.3 Å². The number of hydrogen-bond donors (Lipinski definition) is 1. The molecule has 0 bridgehead atoms. The van der Waals surface area contributed by atoms with E-state index in [9.17, 15) is 10.1 Å². The van der Waals surface area contributed by atoms with E-state index in [4.69, 9.17) is 11.6 Å². The number of rotatable bonds is 4. The molecule has 0 aromatic carbocycles. The lowest BCUT2D eigenvalue weighted by molar-refractivity contribution is -0.384. The second-order valence-electron chi connectivity index (χ2n) is 4.39. The number of halogens is 1. The molecule has 0 saturated heterocycles. The summed E-state index contributed by atoms with van der Waals surface area (Å²) in [7, 11) is 0. The quantitative estimate of drug-likeness (QED) is 0.661. The number of pyridine rings is 1. The number of anilines is 1. The van der Waals surface area contributed by atoms with E-state index in [1.54, 1.807) is 0 Å². The normalized spacial score (nSPS) is 17.3. The summed E-state index contributed by atoms with van der Waals surface area (Å²) in [6, 6.07) is 1.33. The highest BCUT2D eigenvalue weighted by Gasteiger charge is 2.36. The Morgan fingerprint density at radius 1 is 1.65 bits per heavy atom. The molecule has 5 nitrogen and oxygen atoms in total. The smallest absolute Gasteiger partial charge is 0.312 e. The van der Waals surface area contributed by atoms with Crippen molar-refractivity contribution in [1.82, 2.24) is 4.98 Å². The Balaban J connectivity index is 2.29. The topological polar surface area (TPSA) is 68.1 Å². The molecule has 0 aliphatic heterocycles. The first kappa shape index (κ1) is 12.1. The van der Waals surface area contributed by atoms with Crippen molar-refractivity contribution in [1.29, 1.82) is 0 Å². The molecule has 0 radical (unpaired) electrons. The molecule has 1 heterocycles. The van der Waals surface area contributed by atoms with Gasteiger partial charge in [0, 0.05) is 17.8 Å². The summed E-state index contributed by atoms with van der Waals surface area (Å²) in [4.78, 5) is 14.5. The highest BCUT2D eigenvalue weighted by molar-refractivity contribution is 6.30. The van der Waals surface area contributed by atoms with Crippen LogP contribution in [0.3, 0.4) is 0 Å². The molecule has 0 unspecified atom stereocenters. The molecule has 0 spiro atoms. The number of hydrogen-bond acceptors (Lipinski definition) is 4. The summed E-state index contributed by atoms with van der Waals surface area (Å²) in [5, 5.41) is 14.4. The third kappa shape index (κ3) is 2.34. The average Bonchev–Trinajstić information content (AvgIpc) is 2.25. The zero-order valence-electron chi connectivity index (χ0n) is 9.57. The van der Waals surface area contributed by atoms with Gasteiger partial charge in [-0.3, -0.25) is 10.1 Å². The Labute approximate surface area is 104 Å². The van der Waals surface area contributed by atoms with Crippen molar-refractivity contribution in [3.8, 4) is 0 Å².